The molecule has 0 aliphatic rings. The smallest absolute Gasteiger partial charge is 0.261 e. The summed E-state index contributed by atoms with van der Waals surface area (Å²) in [7, 11) is 0. The van der Waals surface area contributed by atoms with Gasteiger partial charge in [-0.1, -0.05) is 11.6 Å². The number of thiophene rings is 1. The summed E-state index contributed by atoms with van der Waals surface area (Å²) >= 11 is 11.4. The number of hydrogen-bond donors (Lipinski definition) is 2. The average molecular weight is 273 g/mol. The van der Waals surface area contributed by atoms with Crippen LogP contribution in [0.4, 0.5) is 0 Å². The molecule has 0 spiro atoms. The van der Waals surface area contributed by atoms with Crippen molar-refractivity contribution in [3.05, 3.63) is 28.4 Å². The van der Waals surface area contributed by atoms with Crippen molar-refractivity contribution < 1.29 is 4.79 Å². The van der Waals surface area contributed by atoms with Crippen LogP contribution in [0.15, 0.2) is 18.5 Å². The second-order valence-electron chi connectivity index (χ2n) is 3.12. The van der Waals surface area contributed by atoms with Gasteiger partial charge in [0.05, 0.1) is 14.6 Å². The van der Waals surface area contributed by atoms with Gasteiger partial charge in [0.1, 0.15) is 0 Å². The van der Waals surface area contributed by atoms with E-state index in [2.05, 4.69) is 22.9 Å². The lowest BCUT2D eigenvalue weighted by atomic mass is 10.3. The molecule has 3 nitrogen and oxygen atoms in total. The third kappa shape index (κ3) is 2.31. The van der Waals surface area contributed by atoms with Crippen LogP contribution in [-0.2, 0) is 0 Å². The number of thiol groups is 1. The summed E-state index contributed by atoms with van der Waals surface area (Å²) in [4.78, 5) is 16.3. The first-order valence-corrected chi connectivity index (χ1v) is 6.47. The summed E-state index contributed by atoms with van der Waals surface area (Å²) < 4.78 is 0.920. The molecule has 6 heteroatoms. The lowest BCUT2D eigenvalue weighted by Gasteiger charge is -1.98. The highest BCUT2D eigenvalue weighted by Crippen LogP contribution is 2.29. The largest absolute Gasteiger partial charge is 0.351 e. The molecule has 84 valence electrons. The SMILES string of the molecule is O=C(NCCS)c1cc2c(Cl)cncc2s1. The third-order valence-corrected chi connectivity index (χ3v) is 3.61. The first-order valence-electron chi connectivity index (χ1n) is 4.64. The van der Waals surface area contributed by atoms with Crippen LogP contribution < -0.4 is 5.32 Å². The third-order valence-electron chi connectivity index (χ3n) is 2.02. The summed E-state index contributed by atoms with van der Waals surface area (Å²) in [5.41, 5.74) is 0. The fourth-order valence-corrected chi connectivity index (χ4v) is 2.65. The second kappa shape index (κ2) is 5.03. The normalized spacial score (nSPS) is 10.6. The number of halogens is 1. The van der Waals surface area contributed by atoms with Crippen LogP contribution in [0, 0.1) is 0 Å². The first-order chi connectivity index (χ1) is 7.72. The van der Waals surface area contributed by atoms with Crippen LogP contribution in [0.5, 0.6) is 0 Å². The molecular weight excluding hydrogens is 264 g/mol. The van der Waals surface area contributed by atoms with Crippen LogP contribution in [0.3, 0.4) is 0 Å². The fourth-order valence-electron chi connectivity index (χ4n) is 1.30. The highest BCUT2D eigenvalue weighted by atomic mass is 35.5. The van der Waals surface area contributed by atoms with E-state index < -0.39 is 0 Å². The molecule has 2 aromatic heterocycles. The fraction of sp³-hybridized carbons (Fsp3) is 0.200. The minimum absolute atomic E-state index is 0.0914. The van der Waals surface area contributed by atoms with Crippen LogP contribution >= 0.6 is 35.6 Å². The molecule has 0 saturated heterocycles. The molecule has 2 rings (SSSR count). The van der Waals surface area contributed by atoms with Crippen molar-refractivity contribution in [3.63, 3.8) is 0 Å². The monoisotopic (exact) mass is 272 g/mol. The van der Waals surface area contributed by atoms with Gasteiger partial charge >= 0.3 is 0 Å². The lowest BCUT2D eigenvalue weighted by molar-refractivity contribution is 0.0960. The van der Waals surface area contributed by atoms with Gasteiger partial charge in [0.2, 0.25) is 0 Å². The standard InChI is InChI=1S/C10H9ClN2OS2/c11-7-4-12-5-9-6(7)3-8(16-9)10(14)13-1-2-15/h3-5,15H,1-2H2,(H,13,14). The van der Waals surface area contributed by atoms with Crippen molar-refractivity contribution in [1.82, 2.24) is 10.3 Å². The highest BCUT2D eigenvalue weighted by Gasteiger charge is 2.11. The van der Waals surface area contributed by atoms with E-state index in [1.165, 1.54) is 11.3 Å². The number of aromatic nitrogens is 1. The predicted molar refractivity (Wildman–Crippen MR) is 70.8 cm³/mol. The maximum atomic E-state index is 11.7. The Labute approximate surface area is 107 Å². The molecule has 2 aromatic rings. The van der Waals surface area contributed by atoms with E-state index in [1.807, 2.05) is 0 Å². The van der Waals surface area contributed by atoms with Gasteiger partial charge in [0.25, 0.3) is 5.91 Å². The Morgan fingerprint density at radius 3 is 3.06 bits per heavy atom. The highest BCUT2D eigenvalue weighted by molar-refractivity contribution is 7.80. The minimum Gasteiger partial charge on any atom is -0.351 e. The van der Waals surface area contributed by atoms with Crippen molar-refractivity contribution in [2.75, 3.05) is 12.3 Å². The van der Waals surface area contributed by atoms with Crippen molar-refractivity contribution in [2.24, 2.45) is 0 Å². The van der Waals surface area contributed by atoms with Gasteiger partial charge in [-0.05, 0) is 6.07 Å². The molecule has 0 unspecified atom stereocenters. The molecule has 0 bridgehead atoms. The Balaban J connectivity index is 2.32. The van der Waals surface area contributed by atoms with E-state index in [-0.39, 0.29) is 5.91 Å². The van der Waals surface area contributed by atoms with E-state index in [0.29, 0.717) is 22.2 Å². The Bertz CT molecular complexity index is 527. The number of rotatable bonds is 3. The van der Waals surface area contributed by atoms with Crippen molar-refractivity contribution in [3.8, 4) is 0 Å². The zero-order valence-electron chi connectivity index (χ0n) is 8.24. The maximum absolute atomic E-state index is 11.7. The van der Waals surface area contributed by atoms with Crippen molar-refractivity contribution in [1.29, 1.82) is 0 Å². The van der Waals surface area contributed by atoms with Crippen LogP contribution in [-0.4, -0.2) is 23.2 Å². The number of hydrogen-bond acceptors (Lipinski definition) is 4. The Morgan fingerprint density at radius 1 is 1.56 bits per heavy atom. The van der Waals surface area contributed by atoms with E-state index >= 15 is 0 Å². The molecule has 0 aromatic carbocycles. The molecule has 0 fully saturated rings. The molecule has 0 aliphatic heterocycles. The first kappa shape index (κ1) is 11.7. The lowest BCUT2D eigenvalue weighted by Crippen LogP contribution is -2.24. The number of amides is 1. The van der Waals surface area contributed by atoms with Gasteiger partial charge in [-0.15, -0.1) is 11.3 Å². The molecule has 16 heavy (non-hydrogen) atoms. The van der Waals surface area contributed by atoms with E-state index in [9.17, 15) is 4.79 Å². The molecule has 2 heterocycles. The Hall–Kier alpha value is -0.780. The van der Waals surface area contributed by atoms with Crippen LogP contribution in [0.2, 0.25) is 5.02 Å². The van der Waals surface area contributed by atoms with Crippen molar-refractivity contribution in [2.45, 2.75) is 0 Å². The van der Waals surface area contributed by atoms with Crippen molar-refractivity contribution >= 4 is 51.6 Å². The predicted octanol–water partition coefficient (Wildman–Crippen LogP) is 2.61. The zero-order chi connectivity index (χ0) is 11.5. The number of carbonyl (C=O) groups excluding carboxylic acids is 1. The second-order valence-corrected chi connectivity index (χ2v) is 5.06. The maximum Gasteiger partial charge on any atom is 0.261 e. The summed E-state index contributed by atoms with van der Waals surface area (Å²) in [6.45, 7) is 0.558. The summed E-state index contributed by atoms with van der Waals surface area (Å²) in [5.74, 6) is 0.533. The van der Waals surface area contributed by atoms with Gasteiger partial charge in [-0.3, -0.25) is 9.78 Å². The van der Waals surface area contributed by atoms with Gasteiger partial charge in [0, 0.05) is 30.1 Å². The van der Waals surface area contributed by atoms with Crippen LogP contribution in [0.1, 0.15) is 9.67 Å². The molecule has 0 aliphatic carbocycles. The molecular formula is C10H9ClN2OS2. The molecule has 1 amide bonds. The number of nitrogens with zero attached hydrogens (tertiary/aromatic N) is 1. The van der Waals surface area contributed by atoms with Gasteiger partial charge in [-0.25, -0.2) is 0 Å². The minimum atomic E-state index is -0.0914. The van der Waals surface area contributed by atoms with E-state index in [0.717, 1.165) is 10.1 Å². The van der Waals surface area contributed by atoms with E-state index in [4.69, 9.17) is 11.6 Å². The summed E-state index contributed by atoms with van der Waals surface area (Å²) in [5, 5.41) is 4.20. The topological polar surface area (TPSA) is 42.0 Å². The van der Waals surface area contributed by atoms with Gasteiger partial charge < -0.3 is 5.32 Å². The Kier molecular flexibility index (Phi) is 3.68. The molecule has 0 radical (unpaired) electrons. The molecule has 0 atom stereocenters. The average Bonchev–Trinajstić information content (AvgIpc) is 2.71. The zero-order valence-corrected chi connectivity index (χ0v) is 10.7. The molecule has 0 saturated carbocycles. The van der Waals surface area contributed by atoms with E-state index in [1.54, 1.807) is 18.5 Å². The molecule has 1 N–H and O–H groups in total. The quantitative estimate of drug-likeness (QED) is 0.844. The summed E-state index contributed by atoms with van der Waals surface area (Å²) in [6.07, 6.45) is 3.29. The van der Waals surface area contributed by atoms with Crippen LogP contribution in [0.25, 0.3) is 10.1 Å². The van der Waals surface area contributed by atoms with Gasteiger partial charge in [-0.2, -0.15) is 12.6 Å². The number of carbonyl (C=O) groups is 1. The van der Waals surface area contributed by atoms with Gasteiger partial charge in [0.15, 0.2) is 0 Å². The number of pyridine rings is 1. The Morgan fingerprint density at radius 2 is 2.38 bits per heavy atom. The number of nitrogens with one attached hydrogen (secondary N) is 1. The number of fused-ring (bicyclic) bond motifs is 1. The summed E-state index contributed by atoms with van der Waals surface area (Å²) in [6, 6.07) is 1.79.